The number of nitrogens with zero attached hydrogens (tertiary/aromatic N) is 5. The third-order valence-corrected chi connectivity index (χ3v) is 12.3. The molecule has 1 aliphatic rings. The topological polar surface area (TPSA) is 48.5 Å². The van der Waals surface area contributed by atoms with Gasteiger partial charge in [-0.25, -0.2) is 4.98 Å². The lowest BCUT2D eigenvalue weighted by atomic mass is 9.87. The zero-order chi connectivity index (χ0) is 41.0. The van der Waals surface area contributed by atoms with Crippen LogP contribution in [0.4, 0.5) is 0 Å². The standard InChI is InChI=1S/C57H39N5/c1-4-18-38(19-5-1)41-24-16-26-43(36-41)45-28-10-13-31-49(45)61-51-33-15-12-30-48(51)53-52(61)35-34-47-46-29-11-14-32-50(46)62(54(47)53)57-59-55(40-22-8-3-9-23-40)58-56(60-57)44-27-17-25-42(37-44)39-20-6-2-7-21-39/h1-27,29-37,45H,28H2. The molecule has 0 N–H and O–H groups in total. The molecule has 0 radical (unpaired) electrons. The number of fused-ring (bicyclic) bond motifs is 7. The minimum atomic E-state index is 0.149. The first-order valence-corrected chi connectivity index (χ1v) is 21.2. The maximum absolute atomic E-state index is 5.39. The smallest absolute Gasteiger partial charge is 0.238 e. The quantitative estimate of drug-likeness (QED) is 0.161. The summed E-state index contributed by atoms with van der Waals surface area (Å²) in [4.78, 5) is 15.9. The first-order chi connectivity index (χ1) is 30.8. The fraction of sp³-hybridized carbons (Fsp3) is 0.0351. The van der Waals surface area contributed by atoms with E-state index in [1.165, 1.54) is 27.8 Å². The van der Waals surface area contributed by atoms with E-state index < -0.39 is 0 Å². The Balaban J connectivity index is 1.11. The predicted octanol–water partition coefficient (Wildman–Crippen LogP) is 14.3. The molecule has 3 aromatic heterocycles. The number of rotatable bonds is 7. The minimum Gasteiger partial charge on any atom is -0.312 e. The van der Waals surface area contributed by atoms with Gasteiger partial charge in [0, 0.05) is 44.3 Å². The summed E-state index contributed by atoms with van der Waals surface area (Å²) < 4.78 is 4.77. The molecule has 0 aliphatic heterocycles. The Morgan fingerprint density at radius 1 is 0.403 bits per heavy atom. The Hall–Kier alpha value is -8.15. The number of benzene rings is 8. The van der Waals surface area contributed by atoms with E-state index in [2.05, 4.69) is 203 Å². The van der Waals surface area contributed by atoms with Crippen molar-refractivity contribution in [3.63, 3.8) is 0 Å². The summed E-state index contributed by atoms with van der Waals surface area (Å²) in [7, 11) is 0. The fourth-order valence-electron chi connectivity index (χ4n) is 9.49. The summed E-state index contributed by atoms with van der Waals surface area (Å²) in [5.74, 6) is 1.96. The molecule has 292 valence electrons. The molecular formula is C57H39N5. The number of hydrogen-bond acceptors (Lipinski definition) is 3. The Morgan fingerprint density at radius 2 is 0.968 bits per heavy atom. The molecule has 0 saturated carbocycles. The molecule has 0 saturated heterocycles. The van der Waals surface area contributed by atoms with Gasteiger partial charge in [0.25, 0.3) is 0 Å². The van der Waals surface area contributed by atoms with Crippen LogP contribution in [0.5, 0.6) is 0 Å². The van der Waals surface area contributed by atoms with Gasteiger partial charge < -0.3 is 4.57 Å². The molecule has 3 heterocycles. The molecule has 5 heteroatoms. The minimum absolute atomic E-state index is 0.149. The van der Waals surface area contributed by atoms with Crippen molar-refractivity contribution in [2.24, 2.45) is 0 Å². The maximum Gasteiger partial charge on any atom is 0.238 e. The molecule has 0 fully saturated rings. The Labute approximate surface area is 359 Å². The maximum atomic E-state index is 5.39. The van der Waals surface area contributed by atoms with Gasteiger partial charge in [-0.1, -0.05) is 188 Å². The van der Waals surface area contributed by atoms with Crippen molar-refractivity contribution in [3.8, 4) is 51.0 Å². The van der Waals surface area contributed by atoms with Crippen LogP contribution in [0, 0.1) is 0 Å². The fourth-order valence-corrected chi connectivity index (χ4v) is 9.49. The van der Waals surface area contributed by atoms with Crippen molar-refractivity contribution >= 4 is 49.3 Å². The third kappa shape index (κ3) is 5.97. The molecule has 1 unspecified atom stereocenters. The largest absolute Gasteiger partial charge is 0.312 e. The number of aromatic nitrogens is 5. The molecule has 62 heavy (non-hydrogen) atoms. The Morgan fingerprint density at radius 3 is 1.69 bits per heavy atom. The summed E-state index contributed by atoms with van der Waals surface area (Å²) in [6.07, 6.45) is 7.73. The van der Waals surface area contributed by atoms with Crippen LogP contribution in [0.2, 0.25) is 0 Å². The van der Waals surface area contributed by atoms with Gasteiger partial charge in [0.1, 0.15) is 0 Å². The van der Waals surface area contributed by atoms with Gasteiger partial charge in [0.2, 0.25) is 5.95 Å². The van der Waals surface area contributed by atoms with Crippen LogP contribution in [0.25, 0.3) is 100 Å². The van der Waals surface area contributed by atoms with Crippen LogP contribution >= 0.6 is 0 Å². The van der Waals surface area contributed by atoms with Gasteiger partial charge in [0.05, 0.1) is 22.1 Å². The highest BCUT2D eigenvalue weighted by atomic mass is 15.2. The Bertz CT molecular complexity index is 3540. The van der Waals surface area contributed by atoms with Crippen LogP contribution < -0.4 is 0 Å². The highest BCUT2D eigenvalue weighted by Crippen LogP contribution is 2.45. The monoisotopic (exact) mass is 793 g/mol. The third-order valence-electron chi connectivity index (χ3n) is 12.3. The molecule has 12 rings (SSSR count). The van der Waals surface area contributed by atoms with Crippen LogP contribution in [-0.2, 0) is 0 Å². The van der Waals surface area contributed by atoms with Crippen molar-refractivity contribution in [1.82, 2.24) is 24.1 Å². The second kappa shape index (κ2) is 14.8. The van der Waals surface area contributed by atoms with Crippen molar-refractivity contribution in [2.75, 3.05) is 0 Å². The van der Waals surface area contributed by atoms with E-state index in [4.69, 9.17) is 15.0 Å². The first kappa shape index (κ1) is 35.8. The van der Waals surface area contributed by atoms with E-state index in [0.29, 0.717) is 17.6 Å². The zero-order valence-corrected chi connectivity index (χ0v) is 33.8. The van der Waals surface area contributed by atoms with Crippen LogP contribution in [-0.4, -0.2) is 24.1 Å². The molecular weight excluding hydrogens is 755 g/mol. The summed E-state index contributed by atoms with van der Waals surface area (Å²) in [5.41, 5.74) is 13.5. The zero-order valence-electron chi connectivity index (χ0n) is 33.8. The van der Waals surface area contributed by atoms with Crippen molar-refractivity contribution in [1.29, 1.82) is 0 Å². The van der Waals surface area contributed by atoms with E-state index in [9.17, 15) is 0 Å². The predicted molar refractivity (Wildman–Crippen MR) is 256 cm³/mol. The average molecular weight is 794 g/mol. The second-order valence-corrected chi connectivity index (χ2v) is 16.0. The van der Waals surface area contributed by atoms with Gasteiger partial charge in [-0.15, -0.1) is 0 Å². The van der Waals surface area contributed by atoms with Gasteiger partial charge >= 0.3 is 0 Å². The number of allylic oxidation sites excluding steroid dienone is 4. The Kier molecular flexibility index (Phi) is 8.56. The number of para-hydroxylation sites is 2. The summed E-state index contributed by atoms with van der Waals surface area (Å²) >= 11 is 0. The first-order valence-electron chi connectivity index (χ1n) is 21.2. The highest BCUT2D eigenvalue weighted by Gasteiger charge is 2.27. The van der Waals surface area contributed by atoms with Gasteiger partial charge in [-0.2, -0.15) is 9.97 Å². The van der Waals surface area contributed by atoms with E-state index in [1.54, 1.807) is 0 Å². The SMILES string of the molecule is C1=CCC(c2cccc(-c3ccccc3)c2)C(n2c3ccccc3c3c2ccc2c4ccccc4n(-c4nc(-c5ccccc5)nc(-c5cccc(-c6ccccc6)c5)n4)c23)=C1. The van der Waals surface area contributed by atoms with Gasteiger partial charge in [0.15, 0.2) is 11.6 Å². The molecule has 1 atom stereocenters. The summed E-state index contributed by atoms with van der Waals surface area (Å²) in [6.45, 7) is 0. The molecule has 8 aromatic carbocycles. The van der Waals surface area contributed by atoms with Crippen molar-refractivity contribution in [3.05, 3.63) is 224 Å². The van der Waals surface area contributed by atoms with Crippen molar-refractivity contribution in [2.45, 2.75) is 12.3 Å². The molecule has 11 aromatic rings. The van der Waals surface area contributed by atoms with Crippen molar-refractivity contribution < 1.29 is 0 Å². The molecule has 0 spiro atoms. The lowest BCUT2D eigenvalue weighted by molar-refractivity contribution is 0.831. The van der Waals surface area contributed by atoms with E-state index in [-0.39, 0.29) is 5.92 Å². The van der Waals surface area contributed by atoms with E-state index in [0.717, 1.165) is 66.9 Å². The van der Waals surface area contributed by atoms with Crippen LogP contribution in [0.1, 0.15) is 17.9 Å². The normalized spacial score (nSPS) is 13.9. The van der Waals surface area contributed by atoms with Crippen LogP contribution in [0.15, 0.2) is 218 Å². The molecule has 5 nitrogen and oxygen atoms in total. The van der Waals surface area contributed by atoms with Crippen LogP contribution in [0.3, 0.4) is 0 Å². The van der Waals surface area contributed by atoms with Gasteiger partial charge in [-0.3, -0.25) is 4.57 Å². The van der Waals surface area contributed by atoms with Gasteiger partial charge in [-0.05, 0) is 64.6 Å². The van der Waals surface area contributed by atoms with E-state index >= 15 is 0 Å². The summed E-state index contributed by atoms with van der Waals surface area (Å²) in [6, 6.07) is 71.0. The second-order valence-electron chi connectivity index (χ2n) is 16.0. The lowest BCUT2D eigenvalue weighted by Crippen LogP contribution is -2.10. The lowest BCUT2D eigenvalue weighted by Gasteiger charge is -2.25. The molecule has 0 amide bonds. The number of hydrogen-bond donors (Lipinski definition) is 0. The average Bonchev–Trinajstić information content (AvgIpc) is 3.88. The summed E-state index contributed by atoms with van der Waals surface area (Å²) in [5, 5.41) is 4.63. The highest BCUT2D eigenvalue weighted by molar-refractivity contribution is 6.26. The molecule has 1 aliphatic carbocycles. The molecule has 0 bridgehead atoms. The van der Waals surface area contributed by atoms with E-state index in [1.807, 2.05) is 24.3 Å².